The van der Waals surface area contributed by atoms with Crippen LogP contribution >= 0.6 is 0 Å². The monoisotopic (exact) mass is 162 g/mol. The number of allylic oxidation sites excluding steroid dienone is 2. The van der Waals surface area contributed by atoms with Crippen LogP contribution in [0.5, 0.6) is 0 Å². The van der Waals surface area contributed by atoms with E-state index in [0.717, 1.165) is 6.42 Å². The van der Waals surface area contributed by atoms with Gasteiger partial charge in [-0.05, 0) is 12.8 Å². The van der Waals surface area contributed by atoms with Crippen LogP contribution in [0.1, 0.15) is 26.7 Å². The minimum atomic E-state index is -2.92. The van der Waals surface area contributed by atoms with Gasteiger partial charge in [0.25, 0.3) is 0 Å². The molecule has 0 atom stereocenters. The van der Waals surface area contributed by atoms with Gasteiger partial charge in [-0.25, -0.2) is 8.42 Å². The zero-order valence-corrected chi connectivity index (χ0v) is 7.53. The summed E-state index contributed by atoms with van der Waals surface area (Å²) in [6.45, 7) is 3.78. The molecule has 0 heterocycles. The zero-order valence-electron chi connectivity index (χ0n) is 6.72. The van der Waals surface area contributed by atoms with Gasteiger partial charge in [-0.2, -0.15) is 0 Å². The fourth-order valence-corrected chi connectivity index (χ4v) is 1.78. The van der Waals surface area contributed by atoms with Crippen LogP contribution in [-0.4, -0.2) is 14.7 Å². The lowest BCUT2D eigenvalue weighted by Gasteiger charge is -1.98. The number of sulfone groups is 1. The minimum Gasteiger partial charge on any atom is -0.224 e. The van der Waals surface area contributed by atoms with E-state index in [2.05, 4.69) is 0 Å². The highest BCUT2D eigenvalue weighted by atomic mass is 32.2. The lowest BCUT2D eigenvalue weighted by atomic mass is 10.3. The van der Waals surface area contributed by atoms with Gasteiger partial charge >= 0.3 is 0 Å². The Morgan fingerprint density at radius 2 is 1.90 bits per heavy atom. The van der Waals surface area contributed by atoms with Crippen LogP contribution in [0.4, 0.5) is 0 Å². The maximum Gasteiger partial charge on any atom is 0.171 e. The molecular weight excluding hydrogens is 148 g/mol. The average Bonchev–Trinajstić information content (AvgIpc) is 1.80. The standard InChI is InChI=1S/C7H14O2S/c1-4-6-7(5-2)10(3,8)9/h6H,4-5H2,1-3H3/b7-6+. The van der Waals surface area contributed by atoms with Crippen molar-refractivity contribution < 1.29 is 8.42 Å². The van der Waals surface area contributed by atoms with E-state index >= 15 is 0 Å². The predicted molar refractivity (Wildman–Crippen MR) is 43.5 cm³/mol. The summed E-state index contributed by atoms with van der Waals surface area (Å²) in [6, 6.07) is 0. The van der Waals surface area contributed by atoms with Crippen LogP contribution in [0.2, 0.25) is 0 Å². The molecule has 0 aliphatic rings. The van der Waals surface area contributed by atoms with E-state index in [1.54, 1.807) is 6.08 Å². The van der Waals surface area contributed by atoms with Crippen molar-refractivity contribution >= 4 is 9.84 Å². The van der Waals surface area contributed by atoms with Crippen LogP contribution in [0.3, 0.4) is 0 Å². The Kier molecular flexibility index (Phi) is 3.64. The van der Waals surface area contributed by atoms with Crippen molar-refractivity contribution in [2.45, 2.75) is 26.7 Å². The Hall–Kier alpha value is -0.310. The molecule has 0 aromatic heterocycles. The van der Waals surface area contributed by atoms with Crippen LogP contribution in [0.15, 0.2) is 11.0 Å². The Balaban J connectivity index is 4.54. The van der Waals surface area contributed by atoms with Crippen LogP contribution in [-0.2, 0) is 9.84 Å². The Labute approximate surface area is 62.9 Å². The highest BCUT2D eigenvalue weighted by Gasteiger charge is 2.06. The second-order valence-corrected chi connectivity index (χ2v) is 4.27. The normalized spacial score (nSPS) is 13.7. The van der Waals surface area contributed by atoms with Crippen LogP contribution < -0.4 is 0 Å². The van der Waals surface area contributed by atoms with Crippen LogP contribution in [0, 0.1) is 0 Å². The molecule has 0 unspecified atom stereocenters. The van der Waals surface area contributed by atoms with E-state index in [4.69, 9.17) is 0 Å². The summed E-state index contributed by atoms with van der Waals surface area (Å²) in [5.74, 6) is 0. The molecule has 0 spiro atoms. The summed E-state index contributed by atoms with van der Waals surface area (Å²) in [7, 11) is -2.92. The topological polar surface area (TPSA) is 34.1 Å². The third kappa shape index (κ3) is 3.01. The SMILES string of the molecule is CC/C=C(\CC)S(C)(=O)=O. The molecule has 2 nitrogen and oxygen atoms in total. The molecule has 60 valence electrons. The molecule has 0 fully saturated rings. The molecular formula is C7H14O2S. The summed E-state index contributed by atoms with van der Waals surface area (Å²) in [5, 5.41) is 0. The fourth-order valence-electron chi connectivity index (χ4n) is 0.786. The number of rotatable bonds is 3. The van der Waals surface area contributed by atoms with Gasteiger partial charge in [0.05, 0.1) is 0 Å². The molecule has 0 aromatic carbocycles. The molecule has 10 heavy (non-hydrogen) atoms. The lowest BCUT2D eigenvalue weighted by molar-refractivity contribution is 0.606. The van der Waals surface area contributed by atoms with E-state index in [9.17, 15) is 8.42 Å². The van der Waals surface area contributed by atoms with Crippen molar-refractivity contribution in [3.05, 3.63) is 11.0 Å². The first-order chi connectivity index (χ1) is 4.52. The van der Waals surface area contributed by atoms with Gasteiger partial charge < -0.3 is 0 Å². The molecule has 0 amide bonds. The van der Waals surface area contributed by atoms with E-state index in [0.29, 0.717) is 11.3 Å². The van der Waals surface area contributed by atoms with E-state index < -0.39 is 9.84 Å². The first kappa shape index (κ1) is 9.69. The quantitative estimate of drug-likeness (QED) is 0.633. The molecule has 3 heteroatoms. The molecule has 0 saturated carbocycles. The minimum absolute atomic E-state index is 0.551. The van der Waals surface area contributed by atoms with Gasteiger partial charge in [-0.15, -0.1) is 0 Å². The molecule has 0 N–H and O–H groups in total. The number of hydrogen-bond donors (Lipinski definition) is 0. The van der Waals surface area contributed by atoms with Crippen molar-refractivity contribution in [2.24, 2.45) is 0 Å². The third-order valence-corrected chi connectivity index (χ3v) is 2.66. The summed E-state index contributed by atoms with van der Waals surface area (Å²) in [6.07, 6.45) is 4.40. The Morgan fingerprint density at radius 3 is 2.00 bits per heavy atom. The highest BCUT2D eigenvalue weighted by molar-refractivity contribution is 7.94. The smallest absolute Gasteiger partial charge is 0.171 e. The first-order valence-corrected chi connectivity index (χ1v) is 5.30. The Bertz CT molecular complexity index is 212. The molecule has 0 aliphatic heterocycles. The van der Waals surface area contributed by atoms with Crippen molar-refractivity contribution in [2.75, 3.05) is 6.26 Å². The van der Waals surface area contributed by atoms with Gasteiger partial charge in [0.1, 0.15) is 0 Å². The van der Waals surface area contributed by atoms with Crippen LogP contribution in [0.25, 0.3) is 0 Å². The van der Waals surface area contributed by atoms with Crippen molar-refractivity contribution in [3.8, 4) is 0 Å². The summed E-state index contributed by atoms with van der Waals surface area (Å²) < 4.78 is 21.8. The maximum atomic E-state index is 10.9. The van der Waals surface area contributed by atoms with E-state index in [-0.39, 0.29) is 0 Å². The maximum absolute atomic E-state index is 10.9. The second kappa shape index (κ2) is 3.76. The zero-order chi connectivity index (χ0) is 8.20. The molecule has 0 aliphatic carbocycles. The predicted octanol–water partition coefficient (Wildman–Crippen LogP) is 1.73. The first-order valence-electron chi connectivity index (χ1n) is 3.41. The summed E-state index contributed by atoms with van der Waals surface area (Å²) >= 11 is 0. The molecule has 0 aromatic rings. The third-order valence-electron chi connectivity index (χ3n) is 1.26. The molecule has 0 rings (SSSR count). The van der Waals surface area contributed by atoms with Crippen molar-refractivity contribution in [3.63, 3.8) is 0 Å². The lowest BCUT2D eigenvalue weighted by Crippen LogP contribution is -1.99. The Morgan fingerprint density at radius 1 is 1.40 bits per heavy atom. The average molecular weight is 162 g/mol. The summed E-state index contributed by atoms with van der Waals surface area (Å²) in [4.78, 5) is 0.551. The number of hydrogen-bond acceptors (Lipinski definition) is 2. The van der Waals surface area contributed by atoms with Gasteiger partial charge in [-0.3, -0.25) is 0 Å². The molecule has 0 bridgehead atoms. The van der Waals surface area contributed by atoms with Gasteiger partial charge in [0.15, 0.2) is 9.84 Å². The van der Waals surface area contributed by atoms with E-state index in [1.807, 2.05) is 13.8 Å². The van der Waals surface area contributed by atoms with Gasteiger partial charge in [0, 0.05) is 11.2 Å². The fraction of sp³-hybridized carbons (Fsp3) is 0.714. The molecule has 0 saturated heterocycles. The van der Waals surface area contributed by atoms with Crippen molar-refractivity contribution in [1.82, 2.24) is 0 Å². The van der Waals surface area contributed by atoms with Crippen molar-refractivity contribution in [1.29, 1.82) is 0 Å². The summed E-state index contributed by atoms with van der Waals surface area (Å²) in [5.41, 5.74) is 0. The second-order valence-electron chi connectivity index (χ2n) is 2.20. The van der Waals surface area contributed by atoms with Gasteiger partial charge in [-0.1, -0.05) is 19.9 Å². The van der Waals surface area contributed by atoms with E-state index in [1.165, 1.54) is 6.26 Å². The largest absolute Gasteiger partial charge is 0.224 e. The molecule has 0 radical (unpaired) electrons. The highest BCUT2D eigenvalue weighted by Crippen LogP contribution is 2.09. The van der Waals surface area contributed by atoms with Gasteiger partial charge in [0.2, 0.25) is 0 Å².